The van der Waals surface area contributed by atoms with Crippen LogP contribution >= 0.6 is 0 Å². The van der Waals surface area contributed by atoms with Crippen LogP contribution in [0.4, 0.5) is 0 Å². The van der Waals surface area contributed by atoms with Gasteiger partial charge in [0.25, 0.3) is 0 Å². The second-order valence-corrected chi connectivity index (χ2v) is 8.73. The van der Waals surface area contributed by atoms with E-state index in [1.165, 1.54) is 11.3 Å². The summed E-state index contributed by atoms with van der Waals surface area (Å²) in [4.78, 5) is 17.7. The monoisotopic (exact) mass is 392 g/mol. The van der Waals surface area contributed by atoms with E-state index in [9.17, 15) is 4.79 Å². The zero-order valence-electron chi connectivity index (χ0n) is 18.9. The summed E-state index contributed by atoms with van der Waals surface area (Å²) in [5, 5.41) is 1.11. The van der Waals surface area contributed by atoms with Crippen molar-refractivity contribution in [3.63, 3.8) is 0 Å². The number of rotatable bonds is 5. The van der Waals surface area contributed by atoms with Crippen molar-refractivity contribution in [2.75, 3.05) is 0 Å². The average Bonchev–Trinajstić information content (AvgIpc) is 2.88. The lowest BCUT2D eigenvalue weighted by Gasteiger charge is -2.29. The summed E-state index contributed by atoms with van der Waals surface area (Å²) >= 11 is 0. The van der Waals surface area contributed by atoms with Crippen LogP contribution in [0.15, 0.2) is 30.3 Å². The molecule has 3 aromatic rings. The summed E-state index contributed by atoms with van der Waals surface area (Å²) in [6.07, 6.45) is -0.660. The SMILES string of the molecule is CCn1c(C)c(C)c2c(-c3ccccc3)c(C(OC(C)(C)C)C(C)=O)c(C)nc21. The summed E-state index contributed by atoms with van der Waals surface area (Å²) in [5.41, 5.74) is 6.79. The van der Waals surface area contributed by atoms with Gasteiger partial charge in [-0.25, -0.2) is 4.98 Å². The van der Waals surface area contributed by atoms with Gasteiger partial charge >= 0.3 is 0 Å². The Balaban J connectivity index is 2.48. The van der Waals surface area contributed by atoms with Gasteiger partial charge in [-0.15, -0.1) is 0 Å². The van der Waals surface area contributed by atoms with Gasteiger partial charge in [0.15, 0.2) is 5.78 Å². The first-order valence-corrected chi connectivity index (χ1v) is 10.3. The lowest BCUT2D eigenvalue weighted by Crippen LogP contribution is -2.27. The maximum atomic E-state index is 12.7. The number of nitrogens with zero attached hydrogens (tertiary/aromatic N) is 2. The lowest BCUT2D eigenvalue weighted by molar-refractivity contribution is -0.138. The van der Waals surface area contributed by atoms with Crippen molar-refractivity contribution in [3.05, 3.63) is 52.8 Å². The Kier molecular flexibility index (Phi) is 5.68. The van der Waals surface area contributed by atoms with Crippen molar-refractivity contribution in [1.29, 1.82) is 0 Å². The van der Waals surface area contributed by atoms with E-state index in [0.717, 1.165) is 40.0 Å². The topological polar surface area (TPSA) is 44.1 Å². The molecule has 2 heterocycles. The molecule has 154 valence electrons. The quantitative estimate of drug-likeness (QED) is 0.527. The minimum Gasteiger partial charge on any atom is -0.360 e. The summed E-state index contributed by atoms with van der Waals surface area (Å²) in [6.45, 7) is 16.8. The first-order valence-electron chi connectivity index (χ1n) is 10.3. The second-order valence-electron chi connectivity index (χ2n) is 8.73. The van der Waals surface area contributed by atoms with Crippen LogP contribution in [0.25, 0.3) is 22.2 Å². The number of aromatic nitrogens is 2. The van der Waals surface area contributed by atoms with E-state index < -0.39 is 11.7 Å². The van der Waals surface area contributed by atoms with E-state index in [2.05, 4.69) is 37.5 Å². The number of ether oxygens (including phenoxy) is 1. The highest BCUT2D eigenvalue weighted by Gasteiger charge is 2.31. The first kappa shape index (κ1) is 21.3. The van der Waals surface area contributed by atoms with Crippen molar-refractivity contribution >= 4 is 16.8 Å². The molecule has 0 spiro atoms. The highest BCUT2D eigenvalue weighted by atomic mass is 16.5. The minimum atomic E-state index is -0.660. The van der Waals surface area contributed by atoms with Gasteiger partial charge in [-0.3, -0.25) is 4.79 Å². The molecule has 0 saturated carbocycles. The second kappa shape index (κ2) is 7.75. The molecule has 1 aromatic carbocycles. The Morgan fingerprint density at radius 2 is 1.76 bits per heavy atom. The van der Waals surface area contributed by atoms with Gasteiger partial charge in [0.1, 0.15) is 11.8 Å². The zero-order chi connectivity index (χ0) is 21.5. The highest BCUT2D eigenvalue weighted by Crippen LogP contribution is 2.42. The summed E-state index contributed by atoms with van der Waals surface area (Å²) in [7, 11) is 0. The number of benzene rings is 1. The number of hydrogen-bond acceptors (Lipinski definition) is 3. The largest absolute Gasteiger partial charge is 0.360 e. The van der Waals surface area contributed by atoms with Crippen LogP contribution in [0, 0.1) is 20.8 Å². The third-order valence-electron chi connectivity index (χ3n) is 5.47. The molecule has 0 saturated heterocycles. The van der Waals surface area contributed by atoms with Crippen molar-refractivity contribution < 1.29 is 9.53 Å². The van der Waals surface area contributed by atoms with Gasteiger partial charge in [-0.1, -0.05) is 30.3 Å². The first-order chi connectivity index (χ1) is 13.6. The number of aryl methyl sites for hydroxylation is 3. The zero-order valence-corrected chi connectivity index (χ0v) is 18.9. The molecule has 0 amide bonds. The molecule has 4 nitrogen and oxygen atoms in total. The van der Waals surface area contributed by atoms with E-state index in [-0.39, 0.29) is 5.78 Å². The van der Waals surface area contributed by atoms with E-state index in [1.807, 2.05) is 45.9 Å². The Hall–Kier alpha value is -2.46. The third-order valence-corrected chi connectivity index (χ3v) is 5.47. The molecule has 0 fully saturated rings. The molecule has 0 aliphatic heterocycles. The Morgan fingerprint density at radius 3 is 2.28 bits per heavy atom. The average molecular weight is 393 g/mol. The fraction of sp³-hybridized carbons (Fsp3) is 0.440. The van der Waals surface area contributed by atoms with Gasteiger partial charge in [0.05, 0.1) is 5.60 Å². The van der Waals surface area contributed by atoms with Crippen LogP contribution < -0.4 is 0 Å². The highest BCUT2D eigenvalue weighted by molar-refractivity contribution is 6.01. The number of carbonyl (C=O) groups is 1. The molecule has 0 bridgehead atoms. The third kappa shape index (κ3) is 3.86. The molecular formula is C25H32N2O2. The lowest BCUT2D eigenvalue weighted by atomic mass is 9.90. The molecule has 0 N–H and O–H groups in total. The molecule has 0 radical (unpaired) electrons. The van der Waals surface area contributed by atoms with Crippen molar-refractivity contribution in [2.24, 2.45) is 0 Å². The van der Waals surface area contributed by atoms with Gasteiger partial charge < -0.3 is 9.30 Å². The number of pyridine rings is 1. The molecule has 1 atom stereocenters. The Labute approximate surface area is 173 Å². The molecule has 2 aromatic heterocycles. The summed E-state index contributed by atoms with van der Waals surface area (Å²) in [6, 6.07) is 10.3. The standard InChI is InChI=1S/C25H32N2O2/c1-9-27-17(4)15(2)20-22(19-13-11-10-12-14-19)21(16(3)26-24(20)27)23(18(5)28)29-25(6,7)8/h10-14,23H,9H2,1-8H3. The molecule has 0 aliphatic rings. The fourth-order valence-corrected chi connectivity index (χ4v) is 4.11. The van der Waals surface area contributed by atoms with Gasteiger partial charge in [0, 0.05) is 34.4 Å². The van der Waals surface area contributed by atoms with Crippen LogP contribution in [0.3, 0.4) is 0 Å². The maximum Gasteiger partial charge on any atom is 0.163 e. The van der Waals surface area contributed by atoms with E-state index in [4.69, 9.17) is 9.72 Å². The van der Waals surface area contributed by atoms with E-state index in [0.29, 0.717) is 0 Å². The van der Waals surface area contributed by atoms with E-state index in [1.54, 1.807) is 6.92 Å². The van der Waals surface area contributed by atoms with Crippen LogP contribution in [0.5, 0.6) is 0 Å². The molecule has 0 aliphatic carbocycles. The Morgan fingerprint density at radius 1 is 1.14 bits per heavy atom. The number of Topliss-reactive ketones (excluding diaryl/α,β-unsaturated/α-hetero) is 1. The molecule has 1 unspecified atom stereocenters. The predicted molar refractivity (Wildman–Crippen MR) is 119 cm³/mol. The van der Waals surface area contributed by atoms with Crippen LogP contribution in [-0.4, -0.2) is 20.9 Å². The molecule has 4 heteroatoms. The minimum absolute atomic E-state index is 0.00865. The van der Waals surface area contributed by atoms with Crippen molar-refractivity contribution in [2.45, 2.75) is 73.6 Å². The molecule has 29 heavy (non-hydrogen) atoms. The summed E-state index contributed by atoms with van der Waals surface area (Å²) in [5.74, 6) is -0.00865. The van der Waals surface area contributed by atoms with Gasteiger partial charge in [-0.05, 0) is 66.5 Å². The Bertz CT molecular complexity index is 1060. The van der Waals surface area contributed by atoms with E-state index >= 15 is 0 Å². The predicted octanol–water partition coefficient (Wildman–Crippen LogP) is 6.09. The molecule has 3 rings (SSSR count). The van der Waals surface area contributed by atoms with Crippen LogP contribution in [0.1, 0.15) is 63.2 Å². The molecular weight excluding hydrogens is 360 g/mol. The van der Waals surface area contributed by atoms with Crippen molar-refractivity contribution in [1.82, 2.24) is 9.55 Å². The normalized spacial score (nSPS) is 13.1. The van der Waals surface area contributed by atoms with Crippen molar-refractivity contribution in [3.8, 4) is 11.1 Å². The van der Waals surface area contributed by atoms with Crippen LogP contribution in [-0.2, 0) is 16.1 Å². The fourth-order valence-electron chi connectivity index (χ4n) is 4.11. The number of hydrogen-bond donors (Lipinski definition) is 0. The smallest absolute Gasteiger partial charge is 0.163 e. The number of ketones is 1. The number of fused-ring (bicyclic) bond motifs is 1. The van der Waals surface area contributed by atoms with Gasteiger partial charge in [0.2, 0.25) is 0 Å². The van der Waals surface area contributed by atoms with Gasteiger partial charge in [-0.2, -0.15) is 0 Å². The maximum absolute atomic E-state index is 12.7. The van der Waals surface area contributed by atoms with Crippen LogP contribution in [0.2, 0.25) is 0 Å². The number of carbonyl (C=O) groups excluding carboxylic acids is 1. The summed E-state index contributed by atoms with van der Waals surface area (Å²) < 4.78 is 8.54.